The van der Waals surface area contributed by atoms with E-state index in [1.807, 2.05) is 35.4 Å². The molecule has 2 aromatic heterocycles. The maximum atomic E-state index is 13.2. The first-order valence-corrected chi connectivity index (χ1v) is 13.0. The van der Waals surface area contributed by atoms with Crippen LogP contribution < -0.4 is 0 Å². The second-order valence-electron chi connectivity index (χ2n) is 9.02. The normalized spacial score (nSPS) is 17.9. The number of nitrogens with zero attached hydrogens (tertiary/aromatic N) is 3. The number of hydrogen-bond donors (Lipinski definition) is 1. The van der Waals surface area contributed by atoms with Gasteiger partial charge in [-0.3, -0.25) is 4.79 Å². The smallest absolute Gasteiger partial charge is 0.233 e. The molecule has 0 aliphatic carbocycles. The number of aromatic amines is 1. The van der Waals surface area contributed by atoms with E-state index in [-0.39, 0.29) is 12.0 Å². The molecule has 4 heterocycles. The highest BCUT2D eigenvalue weighted by atomic mass is 32.2. The van der Waals surface area contributed by atoms with Crippen molar-refractivity contribution < 1.29 is 9.53 Å². The van der Waals surface area contributed by atoms with Gasteiger partial charge >= 0.3 is 0 Å². The van der Waals surface area contributed by atoms with Gasteiger partial charge in [0.05, 0.1) is 30.3 Å². The fourth-order valence-corrected chi connectivity index (χ4v) is 5.97. The third-order valence-corrected chi connectivity index (χ3v) is 7.83. The zero-order valence-electron chi connectivity index (χ0n) is 19.1. The van der Waals surface area contributed by atoms with Crippen LogP contribution >= 0.6 is 11.8 Å². The predicted octanol–water partition coefficient (Wildman–Crippen LogP) is 4.89. The Bertz CT molecular complexity index is 1310. The third kappa shape index (κ3) is 4.14. The molecule has 0 spiro atoms. The molecule has 2 aromatic carbocycles. The Balaban J connectivity index is 1.19. The van der Waals surface area contributed by atoms with E-state index in [2.05, 4.69) is 39.9 Å². The Labute approximate surface area is 203 Å². The summed E-state index contributed by atoms with van der Waals surface area (Å²) < 4.78 is 8.15. The number of carbonyl (C=O) groups is 1. The number of ether oxygens (including phenoxy) is 1. The van der Waals surface area contributed by atoms with Gasteiger partial charge < -0.3 is 19.2 Å². The van der Waals surface area contributed by atoms with Crippen LogP contribution in [0.1, 0.15) is 24.1 Å². The molecule has 174 valence electrons. The Morgan fingerprint density at radius 2 is 2.00 bits per heavy atom. The predicted molar refractivity (Wildman–Crippen MR) is 135 cm³/mol. The maximum Gasteiger partial charge on any atom is 0.233 e. The van der Waals surface area contributed by atoms with Crippen LogP contribution in [0, 0.1) is 0 Å². The van der Waals surface area contributed by atoms with Crippen molar-refractivity contribution in [1.82, 2.24) is 19.4 Å². The van der Waals surface area contributed by atoms with Crippen LogP contribution in [-0.2, 0) is 29.0 Å². The average Bonchev–Trinajstić information content (AvgIpc) is 3.62. The molecule has 1 saturated heterocycles. The Morgan fingerprint density at radius 3 is 2.85 bits per heavy atom. The summed E-state index contributed by atoms with van der Waals surface area (Å²) in [6, 6.07) is 18.7. The number of benzene rings is 2. The Morgan fingerprint density at radius 1 is 1.15 bits per heavy atom. The first-order chi connectivity index (χ1) is 16.8. The van der Waals surface area contributed by atoms with Crippen molar-refractivity contribution in [3.05, 3.63) is 72.1 Å². The topological polar surface area (TPSA) is 63.2 Å². The summed E-state index contributed by atoms with van der Waals surface area (Å²) >= 11 is 1.53. The van der Waals surface area contributed by atoms with Gasteiger partial charge in [-0.1, -0.05) is 60.3 Å². The van der Waals surface area contributed by atoms with Crippen LogP contribution in [0.3, 0.4) is 0 Å². The van der Waals surface area contributed by atoms with Crippen LogP contribution in [-0.4, -0.2) is 50.4 Å². The van der Waals surface area contributed by atoms with Crippen LogP contribution in [0.5, 0.6) is 0 Å². The molecule has 7 heteroatoms. The lowest BCUT2D eigenvalue weighted by Crippen LogP contribution is -2.37. The largest absolute Gasteiger partial charge is 0.376 e. The molecule has 2 aliphatic heterocycles. The maximum absolute atomic E-state index is 13.2. The summed E-state index contributed by atoms with van der Waals surface area (Å²) in [6.45, 7) is 3.01. The van der Waals surface area contributed by atoms with Crippen LogP contribution in [0.2, 0.25) is 0 Å². The van der Waals surface area contributed by atoms with Gasteiger partial charge in [-0.2, -0.15) is 0 Å². The zero-order valence-corrected chi connectivity index (χ0v) is 19.9. The van der Waals surface area contributed by atoms with Crippen molar-refractivity contribution in [2.24, 2.45) is 0 Å². The number of imidazole rings is 1. The summed E-state index contributed by atoms with van der Waals surface area (Å²) in [5.41, 5.74) is 5.88. The number of carbonyl (C=O) groups excluding carboxylic acids is 1. The van der Waals surface area contributed by atoms with Crippen LogP contribution in [0.4, 0.5) is 0 Å². The molecule has 0 radical (unpaired) electrons. The summed E-state index contributed by atoms with van der Waals surface area (Å²) in [5.74, 6) is 0.544. The number of fused-ring (bicyclic) bond motifs is 3. The fourth-order valence-electron chi connectivity index (χ4n) is 5.08. The minimum atomic E-state index is 0.161. The monoisotopic (exact) mass is 472 g/mol. The lowest BCUT2D eigenvalue weighted by Gasteiger charge is -2.27. The molecule has 1 atom stereocenters. The van der Waals surface area contributed by atoms with E-state index in [4.69, 9.17) is 9.72 Å². The molecule has 1 fully saturated rings. The molecular formula is C27H28N4O2S. The SMILES string of the molecule is O=C(CSc1ncc(-c2ccccc2)n1CC1CCCO1)N1CCc2[nH]c3ccccc3c2C1. The summed E-state index contributed by atoms with van der Waals surface area (Å²) in [4.78, 5) is 23.4. The van der Waals surface area contributed by atoms with Gasteiger partial charge in [0, 0.05) is 48.3 Å². The number of hydrogen-bond acceptors (Lipinski definition) is 4. The van der Waals surface area contributed by atoms with Crippen molar-refractivity contribution in [1.29, 1.82) is 0 Å². The summed E-state index contributed by atoms with van der Waals surface area (Å²) in [6.07, 6.45) is 5.17. The fraction of sp³-hybridized carbons (Fsp3) is 0.333. The van der Waals surface area contributed by atoms with Gasteiger partial charge in [0.15, 0.2) is 5.16 Å². The number of rotatable bonds is 6. The third-order valence-electron chi connectivity index (χ3n) is 6.86. The molecule has 6 rings (SSSR count). The minimum absolute atomic E-state index is 0.161. The zero-order chi connectivity index (χ0) is 22.9. The molecule has 6 nitrogen and oxygen atoms in total. The number of para-hydroxylation sites is 1. The van der Waals surface area contributed by atoms with E-state index in [0.29, 0.717) is 12.3 Å². The van der Waals surface area contributed by atoms with Gasteiger partial charge in [0.2, 0.25) is 5.91 Å². The molecule has 4 aromatic rings. The number of H-pyrrole nitrogens is 1. The van der Waals surface area contributed by atoms with Gasteiger partial charge in [0.1, 0.15) is 0 Å². The highest BCUT2D eigenvalue weighted by molar-refractivity contribution is 7.99. The van der Waals surface area contributed by atoms with Crippen LogP contribution in [0.15, 0.2) is 66.0 Å². The molecule has 0 saturated carbocycles. The van der Waals surface area contributed by atoms with E-state index >= 15 is 0 Å². The first-order valence-electron chi connectivity index (χ1n) is 12.0. The van der Waals surface area contributed by atoms with Crippen molar-refractivity contribution in [3.8, 4) is 11.3 Å². The van der Waals surface area contributed by atoms with E-state index in [0.717, 1.165) is 60.9 Å². The molecular weight excluding hydrogens is 444 g/mol. The van der Waals surface area contributed by atoms with Gasteiger partial charge in [-0.25, -0.2) is 4.98 Å². The Kier molecular flexibility index (Phi) is 5.89. The standard InChI is InChI=1S/C27H28N4O2S/c32-26(30-13-12-24-22(17-30)21-10-4-5-11-23(21)29-24)18-34-27-28-15-25(19-7-2-1-3-8-19)31(27)16-20-9-6-14-33-20/h1-5,7-8,10-11,15,20,29H,6,9,12-14,16-18H2. The Hall–Kier alpha value is -3.03. The number of aromatic nitrogens is 3. The average molecular weight is 473 g/mol. The van der Waals surface area contributed by atoms with Crippen molar-refractivity contribution >= 4 is 28.6 Å². The van der Waals surface area contributed by atoms with Gasteiger partial charge in [-0.15, -0.1) is 0 Å². The van der Waals surface area contributed by atoms with Gasteiger partial charge in [-0.05, 0) is 24.5 Å². The summed E-state index contributed by atoms with van der Waals surface area (Å²) in [5, 5.41) is 2.11. The highest BCUT2D eigenvalue weighted by Crippen LogP contribution is 2.30. The summed E-state index contributed by atoms with van der Waals surface area (Å²) in [7, 11) is 0. The second-order valence-corrected chi connectivity index (χ2v) is 9.96. The highest BCUT2D eigenvalue weighted by Gasteiger charge is 2.25. The van der Waals surface area contributed by atoms with E-state index in [9.17, 15) is 4.79 Å². The molecule has 34 heavy (non-hydrogen) atoms. The van der Waals surface area contributed by atoms with Gasteiger partial charge in [0.25, 0.3) is 0 Å². The molecule has 1 N–H and O–H groups in total. The molecule has 1 amide bonds. The second kappa shape index (κ2) is 9.31. The van der Waals surface area contributed by atoms with Crippen LogP contribution in [0.25, 0.3) is 22.2 Å². The lowest BCUT2D eigenvalue weighted by molar-refractivity contribution is -0.129. The lowest BCUT2D eigenvalue weighted by atomic mass is 10.0. The number of amides is 1. The minimum Gasteiger partial charge on any atom is -0.376 e. The van der Waals surface area contributed by atoms with E-state index < -0.39 is 0 Å². The first kappa shape index (κ1) is 21.5. The quantitative estimate of drug-likeness (QED) is 0.406. The van der Waals surface area contributed by atoms with E-state index in [1.165, 1.54) is 28.4 Å². The molecule has 0 bridgehead atoms. The van der Waals surface area contributed by atoms with Crippen molar-refractivity contribution in [2.75, 3.05) is 18.9 Å². The number of nitrogens with one attached hydrogen (secondary N) is 1. The number of thioether (sulfide) groups is 1. The van der Waals surface area contributed by atoms with Crippen molar-refractivity contribution in [2.45, 2.75) is 43.6 Å². The molecule has 2 aliphatic rings. The van der Waals surface area contributed by atoms with E-state index in [1.54, 1.807) is 0 Å². The van der Waals surface area contributed by atoms with Crippen molar-refractivity contribution in [3.63, 3.8) is 0 Å². The molecule has 1 unspecified atom stereocenters.